The van der Waals surface area contributed by atoms with Crippen LogP contribution in [0, 0.1) is 89.8 Å². The second-order valence-corrected chi connectivity index (χ2v) is 30.5. The number of carboxylic acid groups (broad SMARTS) is 1. The summed E-state index contributed by atoms with van der Waals surface area (Å²) in [6.07, 6.45) is 9.98. The van der Waals surface area contributed by atoms with E-state index < -0.39 is 17.6 Å². The molecule has 16 heteroatoms. The Kier molecular flexibility index (Phi) is 29.6. The first kappa shape index (κ1) is 89.4. The van der Waals surface area contributed by atoms with Gasteiger partial charge < -0.3 is 23.9 Å². The number of aryl methyl sites for hydroxylation is 7. The molecule has 19 aromatic rings. The third-order valence-electron chi connectivity index (χ3n) is 20.7. The van der Waals surface area contributed by atoms with Crippen LogP contribution < -0.4 is 4.57 Å². The molecule has 0 fully saturated rings. The van der Waals surface area contributed by atoms with Crippen molar-refractivity contribution >= 4 is 71.5 Å². The van der Waals surface area contributed by atoms with Crippen molar-refractivity contribution in [2.24, 2.45) is 5.41 Å². The summed E-state index contributed by atoms with van der Waals surface area (Å²) < 4.78 is 32.8. The first-order valence-electron chi connectivity index (χ1n) is 38.7. The number of fused-ring (bicyclic) bond motifs is 17. The van der Waals surface area contributed by atoms with E-state index in [0.717, 1.165) is 75.4 Å². The topological polar surface area (TPSA) is 114 Å². The second kappa shape index (κ2) is 39.7. The molecule has 1 N–H and O–H groups in total. The minimum atomic E-state index is -0.990. The fourth-order valence-electron chi connectivity index (χ4n) is 15.4. The zero-order valence-corrected chi connectivity index (χ0v) is 77.4. The maximum absolute atomic E-state index is 13.2. The Morgan fingerprint density at radius 3 is 1.59 bits per heavy atom. The Labute approximate surface area is 753 Å². The Bertz CT molecular complexity index is 6740. The number of hydrogen-bond acceptors (Lipinski definition) is 6. The van der Waals surface area contributed by atoms with E-state index in [2.05, 4.69) is 286 Å². The van der Waals surface area contributed by atoms with Crippen molar-refractivity contribution in [3.05, 3.63) is 396 Å². The van der Waals surface area contributed by atoms with Gasteiger partial charge in [0.05, 0.1) is 28.2 Å². The van der Waals surface area contributed by atoms with Gasteiger partial charge in [-0.05, 0) is 170 Å². The third-order valence-corrected chi connectivity index (χ3v) is 20.7. The summed E-state index contributed by atoms with van der Waals surface area (Å²) in [6, 6.07) is 104. The predicted molar refractivity (Wildman–Crippen MR) is 468 cm³/mol. The molecule has 0 saturated carbocycles. The monoisotopic (exact) mass is 2290 g/mol. The Balaban J connectivity index is 0.000000144. The average molecular weight is 2290 g/mol. The molecule has 606 valence electrons. The average Bonchev–Trinajstić information content (AvgIpc) is 1.51. The SMILES string of the molecule is Cc1ccc2c(c1)-c1ccc3cc(C)ccc3[n+]1C2.Cc1ccc2c(c1)c1ccc[c-]c1c1ncc(-c3c(C)cccc3C)n21.Cc1cccc(C)c1-c1cnc2c3[c-]cccc3c3cc(CC(C)(C)C)ccc3n12.Fc1c[c-]c(-c2ccccn2)c(F)c1.O=C(O)c1ccccn1.[Ir].[Ir].[Ir].[Ir].[c-]1ccccc1-c1ccc(-c2ccccc2)cn1. The minimum Gasteiger partial charge on any atom is -0.477 e. The molecule has 0 amide bonds. The van der Waals surface area contributed by atoms with Crippen molar-refractivity contribution in [1.82, 2.24) is 33.7 Å². The summed E-state index contributed by atoms with van der Waals surface area (Å²) in [5.41, 5.74) is 30.3. The molecule has 10 nitrogen and oxygen atoms in total. The van der Waals surface area contributed by atoms with Gasteiger partial charge in [0, 0.05) is 168 Å². The van der Waals surface area contributed by atoms with Gasteiger partial charge in [-0.25, -0.2) is 9.78 Å². The van der Waals surface area contributed by atoms with Crippen molar-refractivity contribution in [2.75, 3.05) is 0 Å². The normalized spacial score (nSPS) is 11.0. The van der Waals surface area contributed by atoms with Crippen LogP contribution in [0.2, 0.25) is 0 Å². The zero-order chi connectivity index (χ0) is 80.7. The van der Waals surface area contributed by atoms with Crippen molar-refractivity contribution in [3.63, 3.8) is 0 Å². The van der Waals surface area contributed by atoms with Crippen molar-refractivity contribution in [1.29, 1.82) is 0 Å². The van der Waals surface area contributed by atoms with Gasteiger partial charge in [-0.2, -0.15) is 4.57 Å². The molecular weight excluding hydrogens is 2200 g/mol. The fourth-order valence-corrected chi connectivity index (χ4v) is 15.4. The van der Waals surface area contributed by atoms with Crippen LogP contribution in [0.25, 0.3) is 133 Å². The predicted octanol–water partition coefficient (Wildman–Crippen LogP) is 24.9. The van der Waals surface area contributed by atoms with Crippen LogP contribution in [0.4, 0.5) is 8.78 Å². The summed E-state index contributed by atoms with van der Waals surface area (Å²) in [5.74, 6) is -2.28. The molecule has 4 radical (unpaired) electrons. The van der Waals surface area contributed by atoms with E-state index in [0.29, 0.717) is 5.69 Å². The van der Waals surface area contributed by atoms with E-state index in [1.807, 2.05) is 79.3 Å². The summed E-state index contributed by atoms with van der Waals surface area (Å²) in [7, 11) is 0. The van der Waals surface area contributed by atoms with Crippen LogP contribution in [0.5, 0.6) is 0 Å². The number of aromatic carboxylic acids is 1. The molecule has 11 aromatic carbocycles. The Hall–Kier alpha value is -11.4. The van der Waals surface area contributed by atoms with Gasteiger partial charge in [0.2, 0.25) is 11.2 Å². The van der Waals surface area contributed by atoms with Gasteiger partial charge in [0.15, 0.2) is 6.54 Å². The molecular formula is C104H85F2Ir4N8O2-3. The fraction of sp³-hybridized carbons (Fsp3) is 0.125. The molecule has 1 aliphatic heterocycles. The van der Waals surface area contributed by atoms with Crippen LogP contribution in [0.3, 0.4) is 0 Å². The van der Waals surface area contributed by atoms with Crippen LogP contribution in [0.1, 0.15) is 81.3 Å². The number of nitrogens with zero attached hydrogens (tertiary/aromatic N) is 8. The molecule has 120 heavy (non-hydrogen) atoms. The van der Waals surface area contributed by atoms with E-state index in [1.165, 1.54) is 134 Å². The van der Waals surface area contributed by atoms with E-state index in [1.54, 1.807) is 36.5 Å². The number of pyridine rings is 6. The number of hydrogen-bond donors (Lipinski definition) is 1. The van der Waals surface area contributed by atoms with Crippen molar-refractivity contribution in [3.8, 4) is 67.4 Å². The Morgan fingerprint density at radius 1 is 0.467 bits per heavy atom. The van der Waals surface area contributed by atoms with Gasteiger partial charge in [-0.15, -0.1) is 107 Å². The van der Waals surface area contributed by atoms with E-state index in [-0.39, 0.29) is 97.1 Å². The van der Waals surface area contributed by atoms with Gasteiger partial charge in [0.1, 0.15) is 5.69 Å². The van der Waals surface area contributed by atoms with Gasteiger partial charge >= 0.3 is 5.97 Å². The molecule has 0 spiro atoms. The molecule has 0 bridgehead atoms. The molecule has 9 heterocycles. The molecule has 0 atom stereocenters. The summed E-state index contributed by atoms with van der Waals surface area (Å²) in [6.45, 7) is 23.0. The minimum absolute atomic E-state index is 0. The number of aromatic nitrogens is 8. The smallest absolute Gasteiger partial charge is 0.354 e. The summed E-state index contributed by atoms with van der Waals surface area (Å²) in [4.78, 5) is 31.8. The molecule has 8 aromatic heterocycles. The molecule has 1 aliphatic rings. The summed E-state index contributed by atoms with van der Waals surface area (Å²) >= 11 is 0. The molecule has 0 saturated heterocycles. The maximum Gasteiger partial charge on any atom is 0.354 e. The van der Waals surface area contributed by atoms with Gasteiger partial charge in [-0.1, -0.05) is 199 Å². The zero-order valence-electron chi connectivity index (χ0n) is 67.8. The molecule has 0 aliphatic carbocycles. The van der Waals surface area contributed by atoms with Crippen LogP contribution in [-0.2, 0) is 93.4 Å². The number of rotatable bonds is 7. The largest absolute Gasteiger partial charge is 0.477 e. The molecule has 20 rings (SSSR count). The third kappa shape index (κ3) is 19.7. The number of halogens is 2. The number of benzene rings is 11. The van der Waals surface area contributed by atoms with Crippen LogP contribution >= 0.6 is 0 Å². The van der Waals surface area contributed by atoms with Crippen LogP contribution in [-0.4, -0.2) is 44.8 Å². The van der Waals surface area contributed by atoms with E-state index in [9.17, 15) is 13.6 Å². The first-order chi connectivity index (χ1) is 56.2. The van der Waals surface area contributed by atoms with Crippen molar-refractivity contribution < 1.29 is 104 Å². The summed E-state index contributed by atoms with van der Waals surface area (Å²) in [5, 5.41) is 16.7. The first-order valence-corrected chi connectivity index (χ1v) is 38.7. The van der Waals surface area contributed by atoms with Crippen molar-refractivity contribution in [2.45, 2.75) is 82.2 Å². The van der Waals surface area contributed by atoms with E-state index >= 15 is 0 Å². The second-order valence-electron chi connectivity index (χ2n) is 30.5. The van der Waals surface area contributed by atoms with E-state index in [4.69, 9.17) is 15.1 Å². The number of imidazole rings is 2. The standard InChI is InChI=1S/C28H27N2.C24H19N2.C18H16N.C17H12N.C11H6F2N.C6H5NO2.4Ir/c1-18-9-8-10-19(2)26(18)25-17-29-27-22-12-7-6-11-21(22)23-15-20(16-28(3,4)5)13-14-24(23)30(25)27;1-15-11-12-21-20(13-15)18-9-4-5-10-19(18)24-25-14-22(26(21)24)23-16(2)7-6-8-17(23)3;1-12-4-7-17-14(9-12)6-8-18-16-10-13(2)3-5-15(16)11-19(17)18;1-3-7-14(8-4-1)16-11-12-17(18-13-16)15-9-5-2-6-10-15;12-8-4-5-9(10(13)7-8)11-3-1-2-6-14-11;8-6(9)5-3-1-2-4-7-5;;;;/h6-11,13-15,17H,16H2,1-5H3;4-9,11-14H,1-3H3;3-10H,11H2,1-2H3;1-9,11-13H;1-4,6-7H;1-4H,(H,8,9);;;;/q2*-1;+1;2*-1;;;;;. The Morgan fingerprint density at radius 2 is 1.03 bits per heavy atom. The van der Waals surface area contributed by atoms with Crippen LogP contribution in [0.15, 0.2) is 304 Å². The number of carboxylic acids is 1. The van der Waals surface area contributed by atoms with Gasteiger partial charge in [0.25, 0.3) is 0 Å². The molecule has 0 unspecified atom stereocenters. The van der Waals surface area contributed by atoms with Gasteiger partial charge in [-0.3, -0.25) is 18.7 Å². The number of carbonyl (C=O) groups is 1. The quantitative estimate of drug-likeness (QED) is 0.0960. The maximum atomic E-state index is 13.2.